The van der Waals surface area contributed by atoms with E-state index in [2.05, 4.69) is 15.3 Å². The van der Waals surface area contributed by atoms with E-state index in [-0.39, 0.29) is 22.7 Å². The van der Waals surface area contributed by atoms with Crippen molar-refractivity contribution >= 4 is 23.3 Å². The molecule has 0 aliphatic heterocycles. The molecule has 0 saturated carbocycles. The molecular weight excluding hydrogens is 342 g/mol. The van der Waals surface area contributed by atoms with Gasteiger partial charge in [-0.15, -0.1) is 0 Å². The lowest BCUT2D eigenvalue weighted by Crippen LogP contribution is -2.05. The summed E-state index contributed by atoms with van der Waals surface area (Å²) in [5.74, 6) is -0.283. The van der Waals surface area contributed by atoms with Crippen molar-refractivity contribution in [1.82, 2.24) is 0 Å². The van der Waals surface area contributed by atoms with E-state index in [1.54, 1.807) is 0 Å². The van der Waals surface area contributed by atoms with E-state index in [9.17, 15) is 29.0 Å². The predicted octanol–water partition coefficient (Wildman–Crippen LogP) is 3.55. The van der Waals surface area contributed by atoms with Crippen LogP contribution < -0.4 is 10.2 Å². The number of nitro benzene ring substituents is 2. The molecular formula is C14H10F2N4O5. The van der Waals surface area contributed by atoms with Crippen molar-refractivity contribution in [2.75, 3.05) is 5.43 Å². The van der Waals surface area contributed by atoms with Gasteiger partial charge in [0.25, 0.3) is 11.4 Å². The summed E-state index contributed by atoms with van der Waals surface area (Å²) in [6.45, 7) is -3.10. The van der Waals surface area contributed by atoms with Crippen LogP contribution in [0, 0.1) is 20.2 Å². The third kappa shape index (κ3) is 4.92. The SMILES string of the molecule is O=[N+]([O-])c1ccc(NN=Cc2cc([N+](=O)[O-])ccc2OC(F)F)cc1. The van der Waals surface area contributed by atoms with Crippen LogP contribution in [-0.2, 0) is 0 Å². The largest absolute Gasteiger partial charge is 0.434 e. The van der Waals surface area contributed by atoms with Gasteiger partial charge in [-0.25, -0.2) is 0 Å². The number of ether oxygens (including phenoxy) is 1. The molecule has 0 unspecified atom stereocenters. The number of hydrogen-bond donors (Lipinski definition) is 1. The second kappa shape index (κ2) is 7.77. The van der Waals surface area contributed by atoms with Gasteiger partial charge in [0.15, 0.2) is 0 Å². The van der Waals surface area contributed by atoms with Crippen LogP contribution in [0.25, 0.3) is 0 Å². The van der Waals surface area contributed by atoms with Crippen LogP contribution in [0.3, 0.4) is 0 Å². The quantitative estimate of drug-likeness (QED) is 0.462. The molecule has 0 aliphatic rings. The van der Waals surface area contributed by atoms with Gasteiger partial charge >= 0.3 is 6.61 Å². The topological polar surface area (TPSA) is 120 Å². The molecule has 1 N–H and O–H groups in total. The Morgan fingerprint density at radius 1 is 1.04 bits per heavy atom. The highest BCUT2D eigenvalue weighted by Gasteiger charge is 2.13. The first-order valence-corrected chi connectivity index (χ1v) is 6.63. The van der Waals surface area contributed by atoms with Crippen molar-refractivity contribution in [3.63, 3.8) is 0 Å². The Morgan fingerprint density at radius 2 is 1.64 bits per heavy atom. The number of nitrogens with one attached hydrogen (secondary N) is 1. The van der Waals surface area contributed by atoms with Gasteiger partial charge < -0.3 is 4.74 Å². The molecule has 0 heterocycles. The van der Waals surface area contributed by atoms with Gasteiger partial charge in [0.2, 0.25) is 0 Å². The molecule has 0 amide bonds. The number of nitrogens with zero attached hydrogens (tertiary/aromatic N) is 3. The normalized spacial score (nSPS) is 10.8. The first kappa shape index (κ1) is 17.7. The smallest absolute Gasteiger partial charge is 0.387 e. The maximum absolute atomic E-state index is 12.4. The van der Waals surface area contributed by atoms with Crippen LogP contribution in [0.15, 0.2) is 47.6 Å². The minimum absolute atomic E-state index is 0.0380. The highest BCUT2D eigenvalue weighted by atomic mass is 19.3. The molecule has 0 aliphatic carbocycles. The summed E-state index contributed by atoms with van der Waals surface area (Å²) in [6.07, 6.45) is 1.06. The summed E-state index contributed by atoms with van der Waals surface area (Å²) in [7, 11) is 0. The maximum Gasteiger partial charge on any atom is 0.387 e. The predicted molar refractivity (Wildman–Crippen MR) is 84.0 cm³/mol. The van der Waals surface area contributed by atoms with Gasteiger partial charge in [-0.3, -0.25) is 25.7 Å². The molecule has 0 atom stereocenters. The summed E-state index contributed by atoms with van der Waals surface area (Å²) in [5.41, 5.74) is 2.45. The third-order valence-corrected chi connectivity index (χ3v) is 2.90. The lowest BCUT2D eigenvalue weighted by molar-refractivity contribution is -0.385. The van der Waals surface area contributed by atoms with Crippen LogP contribution in [-0.4, -0.2) is 22.7 Å². The highest BCUT2D eigenvalue weighted by Crippen LogP contribution is 2.24. The van der Waals surface area contributed by atoms with Gasteiger partial charge in [0.1, 0.15) is 5.75 Å². The molecule has 0 saturated heterocycles. The molecule has 11 heteroatoms. The molecule has 9 nitrogen and oxygen atoms in total. The zero-order valence-corrected chi connectivity index (χ0v) is 12.3. The molecule has 130 valence electrons. The number of hydrogen-bond acceptors (Lipinski definition) is 7. The highest BCUT2D eigenvalue weighted by molar-refractivity contribution is 5.85. The fraction of sp³-hybridized carbons (Fsp3) is 0.0714. The molecule has 0 bridgehead atoms. The molecule has 0 radical (unpaired) electrons. The van der Waals surface area contributed by atoms with E-state index in [0.29, 0.717) is 5.69 Å². The summed E-state index contributed by atoms with van der Waals surface area (Å²) < 4.78 is 29.0. The molecule has 2 rings (SSSR count). The number of non-ortho nitro benzene ring substituents is 2. The molecule has 0 fully saturated rings. The Morgan fingerprint density at radius 3 is 2.20 bits per heavy atom. The van der Waals surface area contributed by atoms with Crippen molar-refractivity contribution < 1.29 is 23.4 Å². The Labute approximate surface area is 138 Å². The average molecular weight is 352 g/mol. The molecule has 2 aromatic carbocycles. The Kier molecular flexibility index (Phi) is 5.50. The summed E-state index contributed by atoms with van der Waals surface area (Å²) in [4.78, 5) is 20.1. The molecule has 25 heavy (non-hydrogen) atoms. The minimum atomic E-state index is -3.10. The monoisotopic (exact) mass is 352 g/mol. The van der Waals surface area contributed by atoms with Crippen LogP contribution in [0.4, 0.5) is 25.8 Å². The fourth-order valence-electron chi connectivity index (χ4n) is 1.79. The number of rotatable bonds is 7. The second-order valence-corrected chi connectivity index (χ2v) is 4.53. The maximum atomic E-state index is 12.4. The van der Waals surface area contributed by atoms with E-state index >= 15 is 0 Å². The van der Waals surface area contributed by atoms with E-state index < -0.39 is 16.5 Å². The lowest BCUT2D eigenvalue weighted by Gasteiger charge is -2.07. The van der Waals surface area contributed by atoms with Crippen LogP contribution in [0.1, 0.15) is 5.56 Å². The summed E-state index contributed by atoms with van der Waals surface area (Å²) in [6, 6.07) is 8.36. The number of alkyl halides is 2. The van der Waals surface area contributed by atoms with Crippen LogP contribution in [0.2, 0.25) is 0 Å². The number of halogens is 2. The Bertz CT molecular complexity index is 811. The Balaban J connectivity index is 2.18. The Hall–Kier alpha value is -3.63. The summed E-state index contributed by atoms with van der Waals surface area (Å²) in [5, 5.41) is 25.1. The van der Waals surface area contributed by atoms with Gasteiger partial charge in [-0.1, -0.05) is 0 Å². The van der Waals surface area contributed by atoms with Gasteiger partial charge in [0, 0.05) is 29.8 Å². The van der Waals surface area contributed by atoms with Crippen LogP contribution in [0.5, 0.6) is 5.75 Å². The van der Waals surface area contributed by atoms with Gasteiger partial charge in [-0.05, 0) is 18.2 Å². The van der Waals surface area contributed by atoms with Gasteiger partial charge in [0.05, 0.1) is 21.7 Å². The molecule has 2 aromatic rings. The van der Waals surface area contributed by atoms with Crippen molar-refractivity contribution in [1.29, 1.82) is 0 Å². The van der Waals surface area contributed by atoms with E-state index in [1.807, 2.05) is 0 Å². The van der Waals surface area contributed by atoms with Crippen LogP contribution >= 0.6 is 0 Å². The van der Waals surface area contributed by atoms with Crippen molar-refractivity contribution in [2.24, 2.45) is 5.10 Å². The first-order chi connectivity index (χ1) is 11.9. The second-order valence-electron chi connectivity index (χ2n) is 4.53. The number of hydrazone groups is 1. The fourth-order valence-corrected chi connectivity index (χ4v) is 1.79. The van der Waals surface area contributed by atoms with E-state index in [0.717, 1.165) is 24.4 Å². The standard InChI is InChI=1S/C14H10F2N4O5/c15-14(16)25-13-6-5-12(20(23)24)7-9(13)8-17-18-10-1-3-11(4-2-10)19(21)22/h1-8,14,18H. The van der Waals surface area contributed by atoms with Crippen molar-refractivity contribution in [2.45, 2.75) is 6.61 Å². The summed E-state index contributed by atoms with van der Waals surface area (Å²) >= 11 is 0. The minimum Gasteiger partial charge on any atom is -0.434 e. The van der Waals surface area contributed by atoms with Crippen molar-refractivity contribution in [3.8, 4) is 5.75 Å². The average Bonchev–Trinajstić information content (AvgIpc) is 2.56. The molecule has 0 aromatic heterocycles. The lowest BCUT2D eigenvalue weighted by atomic mass is 10.2. The van der Waals surface area contributed by atoms with Gasteiger partial charge in [-0.2, -0.15) is 13.9 Å². The molecule has 0 spiro atoms. The number of nitro groups is 2. The number of benzene rings is 2. The number of anilines is 1. The van der Waals surface area contributed by atoms with E-state index in [1.165, 1.54) is 24.3 Å². The first-order valence-electron chi connectivity index (χ1n) is 6.63. The zero-order chi connectivity index (χ0) is 18.4. The van der Waals surface area contributed by atoms with E-state index in [4.69, 9.17) is 0 Å². The third-order valence-electron chi connectivity index (χ3n) is 2.90. The zero-order valence-electron chi connectivity index (χ0n) is 12.3. The van der Waals surface area contributed by atoms with Crippen molar-refractivity contribution in [3.05, 3.63) is 68.3 Å².